The number of rotatable bonds is 19. The van der Waals surface area contributed by atoms with Crippen molar-refractivity contribution in [3.05, 3.63) is 29.8 Å². The minimum absolute atomic E-state index is 0.0296. The first-order valence-electron chi connectivity index (χ1n) is 16.1. The zero-order valence-corrected chi connectivity index (χ0v) is 28.4. The summed E-state index contributed by atoms with van der Waals surface area (Å²) < 4.78 is 11.0. The number of unbranched alkanes of at least 4 members (excludes halogenated alkanes) is 1. The van der Waals surface area contributed by atoms with E-state index in [1.165, 1.54) is 0 Å². The Balaban J connectivity index is 2.03. The molecule has 10 heteroatoms. The Morgan fingerprint density at radius 3 is 2.30 bits per heavy atom. The van der Waals surface area contributed by atoms with Crippen molar-refractivity contribution in [1.29, 1.82) is 0 Å². The first kappa shape index (κ1) is 37.3. The van der Waals surface area contributed by atoms with E-state index in [9.17, 15) is 14.7 Å². The van der Waals surface area contributed by atoms with Crippen LogP contribution in [0.5, 0.6) is 5.75 Å². The molecule has 2 rings (SSSR count). The molecule has 9 nitrogen and oxygen atoms in total. The molecule has 1 heterocycles. The second kappa shape index (κ2) is 19.5. The summed E-state index contributed by atoms with van der Waals surface area (Å²) in [7, 11) is 1.68. The molecule has 1 aliphatic rings. The van der Waals surface area contributed by atoms with Gasteiger partial charge in [0, 0.05) is 62.9 Å². The highest BCUT2D eigenvalue weighted by atomic mass is 32.2. The molecule has 0 aliphatic carbocycles. The molecule has 0 radical (unpaired) electrons. The Kier molecular flexibility index (Phi) is 16.9. The number of para-hydroxylation sites is 1. The number of nitrogens with two attached hydrogens (primary N) is 1. The van der Waals surface area contributed by atoms with E-state index in [-0.39, 0.29) is 41.5 Å². The third-order valence-corrected chi connectivity index (χ3v) is 9.47. The lowest BCUT2D eigenvalue weighted by atomic mass is 9.80. The van der Waals surface area contributed by atoms with Gasteiger partial charge in [0.1, 0.15) is 5.75 Å². The Morgan fingerprint density at radius 1 is 1.05 bits per heavy atom. The standard InChI is InChI=1S/C33H58N4O5S/c1-8-37(36-15-19-43-20-16-36)33(40)28(24(4)5)22-30(38)29(34)21-27(23(2)3)25(6)35-32(39)26-13-9-10-14-31(26)42-18-12-11-17-41-7/h9-10,13-14,23-25,27-30,38H,8,11-12,15-22,34H2,1-7H3,(H,35,39)/t25?,27-,28-,29-,30-/m0/s1. The molecular weight excluding hydrogens is 564 g/mol. The molecule has 1 unspecified atom stereocenters. The minimum atomic E-state index is -0.830. The van der Waals surface area contributed by atoms with Crippen molar-refractivity contribution in [3.8, 4) is 5.75 Å². The van der Waals surface area contributed by atoms with Gasteiger partial charge in [-0.25, -0.2) is 5.01 Å². The number of nitrogens with one attached hydrogen (secondary N) is 1. The maximum absolute atomic E-state index is 13.7. The van der Waals surface area contributed by atoms with Gasteiger partial charge >= 0.3 is 0 Å². The van der Waals surface area contributed by atoms with E-state index in [0.717, 1.165) is 37.4 Å². The third-order valence-electron chi connectivity index (χ3n) is 8.53. The summed E-state index contributed by atoms with van der Waals surface area (Å²) in [6.45, 7) is 15.8. The molecule has 246 valence electrons. The minimum Gasteiger partial charge on any atom is -0.493 e. The second-order valence-corrected chi connectivity index (χ2v) is 13.6. The van der Waals surface area contributed by atoms with Crippen molar-refractivity contribution >= 4 is 23.6 Å². The monoisotopic (exact) mass is 622 g/mol. The lowest BCUT2D eigenvalue weighted by molar-refractivity contribution is -0.155. The van der Waals surface area contributed by atoms with Crippen molar-refractivity contribution in [2.45, 2.75) is 85.4 Å². The van der Waals surface area contributed by atoms with Gasteiger partial charge < -0.3 is 25.6 Å². The highest BCUT2D eigenvalue weighted by Crippen LogP contribution is 2.28. The molecule has 0 aromatic heterocycles. The van der Waals surface area contributed by atoms with Gasteiger partial charge in [-0.2, -0.15) is 11.8 Å². The number of thioether (sulfide) groups is 1. The molecule has 43 heavy (non-hydrogen) atoms. The Bertz CT molecular complexity index is 959. The molecule has 1 aliphatic heterocycles. The van der Waals surface area contributed by atoms with Crippen LogP contribution in [0.25, 0.3) is 0 Å². The van der Waals surface area contributed by atoms with Crippen LogP contribution in [0.2, 0.25) is 0 Å². The number of aliphatic hydroxyl groups is 1. The number of aliphatic hydroxyl groups excluding tert-OH is 1. The number of amides is 2. The van der Waals surface area contributed by atoms with Crippen LogP contribution in [-0.2, 0) is 9.53 Å². The van der Waals surface area contributed by atoms with Crippen molar-refractivity contribution in [2.24, 2.45) is 29.4 Å². The summed E-state index contributed by atoms with van der Waals surface area (Å²) >= 11 is 1.91. The number of hydrogen-bond donors (Lipinski definition) is 3. The molecule has 1 fully saturated rings. The number of ether oxygens (including phenoxy) is 2. The highest BCUT2D eigenvalue weighted by molar-refractivity contribution is 7.99. The number of nitrogens with zero attached hydrogens (tertiary/aromatic N) is 2. The topological polar surface area (TPSA) is 117 Å². The number of carbonyl (C=O) groups excluding carboxylic acids is 2. The predicted octanol–water partition coefficient (Wildman–Crippen LogP) is 4.44. The molecule has 4 N–H and O–H groups in total. The third kappa shape index (κ3) is 11.9. The van der Waals surface area contributed by atoms with E-state index in [2.05, 4.69) is 24.2 Å². The molecule has 0 saturated carbocycles. The fraction of sp³-hybridized carbons (Fsp3) is 0.758. The Labute approximate surface area is 264 Å². The summed E-state index contributed by atoms with van der Waals surface area (Å²) in [4.78, 5) is 27.0. The van der Waals surface area contributed by atoms with Gasteiger partial charge in [-0.15, -0.1) is 0 Å². The van der Waals surface area contributed by atoms with E-state index < -0.39 is 12.1 Å². The average molecular weight is 623 g/mol. The number of benzene rings is 1. The Morgan fingerprint density at radius 2 is 1.70 bits per heavy atom. The molecule has 1 aromatic carbocycles. The number of hydrazine groups is 1. The highest BCUT2D eigenvalue weighted by Gasteiger charge is 2.35. The van der Waals surface area contributed by atoms with Gasteiger partial charge in [0.2, 0.25) is 5.91 Å². The first-order chi connectivity index (χ1) is 20.5. The Hall–Kier alpha value is -1.85. The van der Waals surface area contributed by atoms with Crippen LogP contribution in [0, 0.1) is 23.7 Å². The lowest BCUT2D eigenvalue weighted by Crippen LogP contribution is -2.53. The maximum Gasteiger partial charge on any atom is 0.255 e. The summed E-state index contributed by atoms with van der Waals surface area (Å²) in [5, 5.41) is 18.5. The van der Waals surface area contributed by atoms with Crippen LogP contribution in [0.4, 0.5) is 0 Å². The van der Waals surface area contributed by atoms with Crippen LogP contribution >= 0.6 is 11.8 Å². The SMILES string of the molecule is CCN(C(=O)[C@@H](C[C@H](O)[C@@H](N)C[C@@H](C(C)C)C(C)NC(=O)c1ccccc1OCCCCOC)C(C)C)N1CCSCC1. The van der Waals surface area contributed by atoms with Crippen molar-refractivity contribution in [1.82, 2.24) is 15.3 Å². The van der Waals surface area contributed by atoms with Crippen LogP contribution in [0.1, 0.15) is 77.6 Å². The van der Waals surface area contributed by atoms with Gasteiger partial charge in [0.25, 0.3) is 5.91 Å². The molecule has 1 aromatic rings. The van der Waals surface area contributed by atoms with Crippen LogP contribution in [0.3, 0.4) is 0 Å². The summed E-state index contributed by atoms with van der Waals surface area (Å²) in [5.41, 5.74) is 7.12. The molecule has 5 atom stereocenters. The fourth-order valence-corrected chi connectivity index (χ4v) is 6.69. The predicted molar refractivity (Wildman–Crippen MR) is 176 cm³/mol. The van der Waals surface area contributed by atoms with E-state index in [4.69, 9.17) is 15.2 Å². The molecule has 0 spiro atoms. The largest absolute Gasteiger partial charge is 0.493 e. The van der Waals surface area contributed by atoms with Gasteiger partial charge in [0.15, 0.2) is 0 Å². The van der Waals surface area contributed by atoms with Gasteiger partial charge in [-0.1, -0.05) is 39.8 Å². The summed E-state index contributed by atoms with van der Waals surface area (Å²) in [5.74, 6) is 2.46. The van der Waals surface area contributed by atoms with E-state index in [0.29, 0.717) is 43.9 Å². The van der Waals surface area contributed by atoms with Gasteiger partial charge in [-0.3, -0.25) is 14.6 Å². The van der Waals surface area contributed by atoms with Gasteiger partial charge in [0.05, 0.1) is 18.3 Å². The quantitative estimate of drug-likeness (QED) is 0.194. The number of carbonyl (C=O) groups is 2. The zero-order chi connectivity index (χ0) is 31.9. The molecular formula is C33H58N4O5S. The first-order valence-corrected chi connectivity index (χ1v) is 17.3. The van der Waals surface area contributed by atoms with Crippen LogP contribution in [0.15, 0.2) is 24.3 Å². The van der Waals surface area contributed by atoms with Crippen molar-refractivity contribution in [3.63, 3.8) is 0 Å². The normalized spacial score (nSPS) is 17.7. The second-order valence-electron chi connectivity index (χ2n) is 12.4. The smallest absolute Gasteiger partial charge is 0.255 e. The number of methoxy groups -OCH3 is 1. The molecule has 2 amide bonds. The van der Waals surface area contributed by atoms with E-state index in [1.807, 2.05) is 62.7 Å². The van der Waals surface area contributed by atoms with E-state index >= 15 is 0 Å². The number of hydrogen-bond acceptors (Lipinski definition) is 8. The maximum atomic E-state index is 13.7. The molecule has 1 saturated heterocycles. The average Bonchev–Trinajstić information content (AvgIpc) is 2.98. The fourth-order valence-electron chi connectivity index (χ4n) is 5.80. The van der Waals surface area contributed by atoms with Gasteiger partial charge in [-0.05, 0) is 69.4 Å². The lowest BCUT2D eigenvalue weighted by Gasteiger charge is -2.40. The van der Waals surface area contributed by atoms with Crippen LogP contribution < -0.4 is 15.8 Å². The van der Waals surface area contributed by atoms with Crippen molar-refractivity contribution in [2.75, 3.05) is 51.5 Å². The van der Waals surface area contributed by atoms with E-state index in [1.54, 1.807) is 13.2 Å². The molecule has 0 bridgehead atoms. The zero-order valence-electron chi connectivity index (χ0n) is 27.6. The summed E-state index contributed by atoms with van der Waals surface area (Å²) in [6, 6.07) is 6.58. The van der Waals surface area contributed by atoms with Crippen LogP contribution in [-0.4, -0.2) is 96.6 Å². The summed E-state index contributed by atoms with van der Waals surface area (Å²) in [6.07, 6.45) is 1.75. The van der Waals surface area contributed by atoms with Crippen molar-refractivity contribution < 1.29 is 24.2 Å².